The highest BCUT2D eigenvalue weighted by molar-refractivity contribution is 6.35. The molecule has 7 nitrogen and oxygen atoms in total. The molecular formula is C14H9Cl2NO6. The quantitative estimate of drug-likeness (QED) is 0.620. The number of carboxylic acid groups (broad SMARTS) is 1. The van der Waals surface area contributed by atoms with E-state index < -0.39 is 27.9 Å². The summed E-state index contributed by atoms with van der Waals surface area (Å²) in [7, 11) is 0. The molecule has 0 aromatic heterocycles. The number of ether oxygens (including phenoxy) is 1. The van der Waals surface area contributed by atoms with Gasteiger partial charge >= 0.3 is 11.7 Å². The summed E-state index contributed by atoms with van der Waals surface area (Å²) in [6, 6.07) is 6.37. The minimum atomic E-state index is -1.49. The predicted molar refractivity (Wildman–Crippen MR) is 82.5 cm³/mol. The molecule has 0 aliphatic carbocycles. The third-order valence-corrected chi connectivity index (χ3v) is 3.65. The zero-order chi connectivity index (χ0) is 17.1. The maximum absolute atomic E-state index is 11.1. The molecular weight excluding hydrogens is 349 g/mol. The van der Waals surface area contributed by atoms with E-state index in [1.54, 1.807) is 18.2 Å². The van der Waals surface area contributed by atoms with E-state index in [-0.39, 0.29) is 12.4 Å². The first-order chi connectivity index (χ1) is 10.8. The van der Waals surface area contributed by atoms with Gasteiger partial charge in [-0.15, -0.1) is 0 Å². The van der Waals surface area contributed by atoms with E-state index in [1.165, 1.54) is 0 Å². The van der Waals surface area contributed by atoms with Gasteiger partial charge in [0.15, 0.2) is 0 Å². The van der Waals surface area contributed by atoms with E-state index >= 15 is 0 Å². The molecule has 120 valence electrons. The van der Waals surface area contributed by atoms with Crippen molar-refractivity contribution in [2.75, 3.05) is 0 Å². The van der Waals surface area contributed by atoms with Gasteiger partial charge in [-0.3, -0.25) is 10.1 Å². The highest BCUT2D eigenvalue weighted by Gasteiger charge is 2.23. The summed E-state index contributed by atoms with van der Waals surface area (Å²) in [5.74, 6) is -2.44. The molecule has 9 heteroatoms. The number of benzene rings is 2. The van der Waals surface area contributed by atoms with Crippen LogP contribution in [0.25, 0.3) is 0 Å². The molecule has 0 amide bonds. The molecule has 0 fully saturated rings. The van der Waals surface area contributed by atoms with Gasteiger partial charge in [0.25, 0.3) is 0 Å². The van der Waals surface area contributed by atoms with Gasteiger partial charge in [0, 0.05) is 27.7 Å². The molecule has 23 heavy (non-hydrogen) atoms. The zero-order valence-electron chi connectivity index (χ0n) is 11.3. The first-order valence-corrected chi connectivity index (χ1v) is 6.87. The van der Waals surface area contributed by atoms with E-state index in [0.29, 0.717) is 15.6 Å². The zero-order valence-corrected chi connectivity index (χ0v) is 12.8. The van der Waals surface area contributed by atoms with Crippen molar-refractivity contribution < 1.29 is 24.7 Å². The lowest BCUT2D eigenvalue weighted by Gasteiger charge is -2.11. The summed E-state index contributed by atoms with van der Waals surface area (Å²) in [6.45, 7) is -0.189. The van der Waals surface area contributed by atoms with E-state index in [9.17, 15) is 20.0 Å². The van der Waals surface area contributed by atoms with Gasteiger partial charge in [-0.25, -0.2) is 4.79 Å². The Morgan fingerprint density at radius 3 is 2.39 bits per heavy atom. The molecule has 0 radical (unpaired) electrons. The third-order valence-electron chi connectivity index (χ3n) is 2.94. The number of carboxylic acids is 1. The number of phenols is 1. The fourth-order valence-electron chi connectivity index (χ4n) is 1.81. The molecule has 0 spiro atoms. The Morgan fingerprint density at radius 2 is 1.87 bits per heavy atom. The molecule has 2 N–H and O–H groups in total. The summed E-state index contributed by atoms with van der Waals surface area (Å²) in [5, 5.41) is 30.2. The number of nitro groups is 1. The highest BCUT2D eigenvalue weighted by Crippen LogP contribution is 2.35. The van der Waals surface area contributed by atoms with Crippen LogP contribution in [0.1, 0.15) is 15.9 Å². The van der Waals surface area contributed by atoms with Crippen molar-refractivity contribution in [2.45, 2.75) is 6.61 Å². The molecule has 2 rings (SSSR count). The van der Waals surface area contributed by atoms with Crippen LogP contribution < -0.4 is 4.74 Å². The molecule has 0 atom stereocenters. The van der Waals surface area contributed by atoms with Gasteiger partial charge in [-0.05, 0) is 12.1 Å². The largest absolute Gasteiger partial charge is 0.507 e. The van der Waals surface area contributed by atoms with Gasteiger partial charge in [0.2, 0.25) is 5.75 Å². The standard InChI is InChI=1S/C14H9Cl2NO6/c15-9-2-1-3-10(16)8(9)6-23-13-5-12(18)7(14(19)20)4-11(13)17(21)22/h1-5,18H,6H2,(H,19,20). The number of nitrogens with zero attached hydrogens (tertiary/aromatic N) is 1. The summed E-state index contributed by atoms with van der Waals surface area (Å²) in [4.78, 5) is 21.2. The second-order valence-corrected chi connectivity index (χ2v) is 5.20. The van der Waals surface area contributed by atoms with Gasteiger partial charge in [0.05, 0.1) is 4.92 Å². The minimum Gasteiger partial charge on any atom is -0.507 e. The van der Waals surface area contributed by atoms with Crippen molar-refractivity contribution in [2.24, 2.45) is 0 Å². The Hall–Kier alpha value is -2.51. The number of nitro benzene ring substituents is 1. The van der Waals surface area contributed by atoms with Crippen LogP contribution in [0.5, 0.6) is 11.5 Å². The molecule has 2 aromatic carbocycles. The van der Waals surface area contributed by atoms with E-state index in [2.05, 4.69) is 0 Å². The Kier molecular flexibility index (Phi) is 4.92. The van der Waals surface area contributed by atoms with Crippen molar-refractivity contribution in [1.82, 2.24) is 0 Å². The number of aromatic hydroxyl groups is 1. The topological polar surface area (TPSA) is 110 Å². The van der Waals surface area contributed by atoms with Crippen molar-refractivity contribution in [1.29, 1.82) is 0 Å². The second kappa shape index (κ2) is 6.72. The van der Waals surface area contributed by atoms with E-state index in [4.69, 9.17) is 33.0 Å². The van der Waals surface area contributed by atoms with Crippen LogP contribution in [-0.2, 0) is 6.61 Å². The molecule has 0 aliphatic rings. The maximum Gasteiger partial charge on any atom is 0.339 e. The van der Waals surface area contributed by atoms with Crippen molar-refractivity contribution >= 4 is 34.9 Å². The monoisotopic (exact) mass is 357 g/mol. The number of halogens is 2. The van der Waals surface area contributed by atoms with Crippen LogP contribution in [0.15, 0.2) is 30.3 Å². The summed E-state index contributed by atoms with van der Waals surface area (Å²) in [5.41, 5.74) is -0.782. The highest BCUT2D eigenvalue weighted by atomic mass is 35.5. The SMILES string of the molecule is O=C(O)c1cc([N+](=O)[O-])c(OCc2c(Cl)cccc2Cl)cc1O. The normalized spacial score (nSPS) is 10.3. The van der Waals surface area contributed by atoms with Gasteiger partial charge < -0.3 is 14.9 Å². The Morgan fingerprint density at radius 1 is 1.26 bits per heavy atom. The first kappa shape index (κ1) is 16.9. The van der Waals surface area contributed by atoms with Crippen LogP contribution in [0.3, 0.4) is 0 Å². The van der Waals surface area contributed by atoms with Crippen molar-refractivity contribution in [3.05, 3.63) is 61.6 Å². The molecule has 2 aromatic rings. The number of aromatic carboxylic acids is 1. The third kappa shape index (κ3) is 3.64. The Balaban J connectivity index is 2.38. The number of hydrogen-bond donors (Lipinski definition) is 2. The van der Waals surface area contributed by atoms with Crippen LogP contribution in [0, 0.1) is 10.1 Å². The predicted octanol–water partition coefficient (Wildman–Crippen LogP) is 3.88. The number of rotatable bonds is 5. The molecule has 0 bridgehead atoms. The Bertz CT molecular complexity index is 773. The lowest BCUT2D eigenvalue weighted by molar-refractivity contribution is -0.386. The van der Waals surface area contributed by atoms with Crippen LogP contribution >= 0.6 is 23.2 Å². The second-order valence-electron chi connectivity index (χ2n) is 4.39. The Labute approximate surface area is 139 Å². The van der Waals surface area contributed by atoms with Crippen molar-refractivity contribution in [3.63, 3.8) is 0 Å². The fraction of sp³-hybridized carbons (Fsp3) is 0.0714. The lowest BCUT2D eigenvalue weighted by Crippen LogP contribution is -2.03. The average molecular weight is 358 g/mol. The van der Waals surface area contributed by atoms with Gasteiger partial charge in [0.1, 0.15) is 17.9 Å². The molecule has 0 heterocycles. The van der Waals surface area contributed by atoms with Crippen molar-refractivity contribution in [3.8, 4) is 11.5 Å². The summed E-state index contributed by atoms with van der Waals surface area (Å²) in [6.07, 6.45) is 0. The van der Waals surface area contributed by atoms with Crippen LogP contribution in [0.4, 0.5) is 5.69 Å². The van der Waals surface area contributed by atoms with Gasteiger partial charge in [-0.1, -0.05) is 29.3 Å². The molecule has 0 saturated heterocycles. The molecule has 0 unspecified atom stereocenters. The fourth-order valence-corrected chi connectivity index (χ4v) is 2.31. The van der Waals surface area contributed by atoms with Crippen LogP contribution in [0.2, 0.25) is 10.0 Å². The summed E-state index contributed by atoms with van der Waals surface area (Å²) < 4.78 is 5.30. The molecule has 0 saturated carbocycles. The maximum atomic E-state index is 11.1. The minimum absolute atomic E-state index is 0.189. The first-order valence-electron chi connectivity index (χ1n) is 6.11. The lowest BCUT2D eigenvalue weighted by atomic mass is 10.1. The molecule has 0 aliphatic heterocycles. The van der Waals surface area contributed by atoms with Gasteiger partial charge in [-0.2, -0.15) is 0 Å². The van der Waals surface area contributed by atoms with Crippen LogP contribution in [-0.4, -0.2) is 21.1 Å². The summed E-state index contributed by atoms with van der Waals surface area (Å²) >= 11 is 11.9. The number of carbonyl (C=O) groups is 1. The smallest absolute Gasteiger partial charge is 0.339 e. The average Bonchev–Trinajstić information content (AvgIpc) is 2.46. The van der Waals surface area contributed by atoms with E-state index in [1.807, 2.05) is 0 Å². The number of hydrogen-bond acceptors (Lipinski definition) is 5. The van der Waals surface area contributed by atoms with E-state index in [0.717, 1.165) is 12.1 Å².